The van der Waals surface area contributed by atoms with Gasteiger partial charge in [-0.1, -0.05) is 264 Å². The first-order valence-corrected chi connectivity index (χ1v) is 31.7. The Bertz CT molecular complexity index is 1650. The topological polar surface area (TPSA) is 78.9 Å². The molecule has 436 valence electrons. The molecular weight excluding hydrogens is 949 g/mol. The maximum absolute atomic E-state index is 12.9. The highest BCUT2D eigenvalue weighted by atomic mass is 16.6. The van der Waals surface area contributed by atoms with Gasteiger partial charge >= 0.3 is 17.9 Å². The quantitative estimate of drug-likeness (QED) is 0.0261. The fraction of sp³-hybridized carbons (Fsp3) is 0.648. The Balaban J connectivity index is 4.45. The van der Waals surface area contributed by atoms with Crippen LogP contribution in [0.2, 0.25) is 0 Å². The number of carbonyl (C=O) groups excluding carboxylic acids is 3. The van der Waals surface area contributed by atoms with Gasteiger partial charge < -0.3 is 14.2 Å². The van der Waals surface area contributed by atoms with Crippen LogP contribution in [0.4, 0.5) is 0 Å². The van der Waals surface area contributed by atoms with Crippen molar-refractivity contribution in [2.75, 3.05) is 13.2 Å². The van der Waals surface area contributed by atoms with Crippen LogP contribution in [0.5, 0.6) is 0 Å². The van der Waals surface area contributed by atoms with Gasteiger partial charge in [0.15, 0.2) is 6.10 Å². The van der Waals surface area contributed by atoms with E-state index in [1.54, 1.807) is 0 Å². The van der Waals surface area contributed by atoms with Crippen molar-refractivity contribution in [3.05, 3.63) is 134 Å². The maximum Gasteiger partial charge on any atom is 0.306 e. The molecule has 0 N–H and O–H groups in total. The fourth-order valence-electron chi connectivity index (χ4n) is 8.44. The van der Waals surface area contributed by atoms with Gasteiger partial charge in [0.1, 0.15) is 13.2 Å². The van der Waals surface area contributed by atoms with E-state index < -0.39 is 6.10 Å². The molecule has 1 unspecified atom stereocenters. The monoisotopic (exact) mass is 1060 g/mol. The van der Waals surface area contributed by atoms with Gasteiger partial charge in [0.25, 0.3) is 0 Å². The zero-order valence-electron chi connectivity index (χ0n) is 49.9. The van der Waals surface area contributed by atoms with E-state index in [0.717, 1.165) is 116 Å². The third-order valence-electron chi connectivity index (χ3n) is 13.1. The van der Waals surface area contributed by atoms with E-state index >= 15 is 0 Å². The Morgan fingerprint density at radius 1 is 0.273 bits per heavy atom. The highest BCUT2D eigenvalue weighted by Gasteiger charge is 2.19. The summed E-state index contributed by atoms with van der Waals surface area (Å²) in [5.74, 6) is -0.975. The van der Waals surface area contributed by atoms with Crippen LogP contribution in [0, 0.1) is 0 Å². The lowest BCUT2D eigenvalue weighted by atomic mass is 10.1. The standard InChI is InChI=1S/C71H116O6/c1-4-7-10-13-16-19-22-25-28-31-32-33-34-35-36-37-38-41-43-46-49-52-55-58-61-64-70(73)76-67-68(77-71(74)65-62-59-56-53-50-47-44-40-30-27-24-21-18-15-12-9-6-3)66-75-69(72)63-60-57-54-51-48-45-42-39-29-26-23-20-17-14-11-8-5-2/h7,9-10,12,16,18-19,21,25-30,32-33,35-36,44,47,53,56,68H,4-6,8,11,13-15,17,20,22-24,31,34,37-43,45-46,48-52,54-55,57-67H2,1-3H3/b10-7-,12-9-,19-16-,21-18-,28-25-,29-26-,30-27-,33-32-,36-35-,47-44-,56-53-. The lowest BCUT2D eigenvalue weighted by molar-refractivity contribution is -0.167. The molecule has 0 aromatic rings. The molecule has 77 heavy (non-hydrogen) atoms. The van der Waals surface area contributed by atoms with Crippen LogP contribution in [0.15, 0.2) is 134 Å². The van der Waals surface area contributed by atoms with Crippen LogP contribution in [-0.2, 0) is 28.6 Å². The molecule has 6 nitrogen and oxygen atoms in total. The van der Waals surface area contributed by atoms with E-state index in [1.165, 1.54) is 116 Å². The second kappa shape index (κ2) is 64.1. The minimum Gasteiger partial charge on any atom is -0.462 e. The van der Waals surface area contributed by atoms with E-state index in [4.69, 9.17) is 14.2 Å². The van der Waals surface area contributed by atoms with Crippen molar-refractivity contribution >= 4 is 17.9 Å². The molecule has 1 atom stereocenters. The van der Waals surface area contributed by atoms with E-state index in [2.05, 4.69) is 154 Å². The smallest absolute Gasteiger partial charge is 0.306 e. The second-order valence-corrected chi connectivity index (χ2v) is 20.5. The number of rotatable bonds is 56. The van der Waals surface area contributed by atoms with Crippen LogP contribution >= 0.6 is 0 Å². The molecule has 6 heteroatoms. The van der Waals surface area contributed by atoms with Gasteiger partial charge in [-0.2, -0.15) is 0 Å². The number of unbranched alkanes of at least 4 members (excludes halogenated alkanes) is 23. The lowest BCUT2D eigenvalue weighted by Gasteiger charge is -2.18. The molecule has 0 aliphatic carbocycles. The predicted molar refractivity (Wildman–Crippen MR) is 334 cm³/mol. The highest BCUT2D eigenvalue weighted by Crippen LogP contribution is 2.15. The van der Waals surface area contributed by atoms with Crippen LogP contribution in [0.3, 0.4) is 0 Å². The molecule has 0 aliphatic heterocycles. The molecule has 0 aromatic heterocycles. The minimum absolute atomic E-state index is 0.108. The van der Waals surface area contributed by atoms with Crippen LogP contribution in [0.1, 0.15) is 278 Å². The SMILES string of the molecule is CC/C=C\C/C=C\C/C=C\C/C=C\C/C=C\CCCCCCCCCCCC(=O)OCC(COC(=O)CCCCCCCCC/C=C\CCCCCCCC)OC(=O)CCC/C=C\C/C=C\C/C=C\C/C=C\C/C=C\CC. The molecule has 0 rings (SSSR count). The number of allylic oxidation sites excluding steroid dienone is 22. The molecule has 0 spiro atoms. The summed E-state index contributed by atoms with van der Waals surface area (Å²) in [6, 6.07) is 0. The van der Waals surface area contributed by atoms with Crippen molar-refractivity contribution in [2.45, 2.75) is 284 Å². The van der Waals surface area contributed by atoms with Gasteiger partial charge in [-0.15, -0.1) is 0 Å². The molecule has 0 saturated carbocycles. The van der Waals surface area contributed by atoms with Crippen LogP contribution < -0.4 is 0 Å². The lowest BCUT2D eigenvalue weighted by Crippen LogP contribution is -2.30. The number of ether oxygens (including phenoxy) is 3. The first-order chi connectivity index (χ1) is 38.0. The number of carbonyl (C=O) groups is 3. The third kappa shape index (κ3) is 62.3. The average molecular weight is 1070 g/mol. The Hall–Kier alpha value is -4.45. The van der Waals surface area contributed by atoms with Gasteiger partial charge in [0.2, 0.25) is 0 Å². The third-order valence-corrected chi connectivity index (χ3v) is 13.1. The molecule has 0 radical (unpaired) electrons. The maximum atomic E-state index is 12.9. The summed E-state index contributed by atoms with van der Waals surface area (Å²) in [7, 11) is 0. The van der Waals surface area contributed by atoms with Crippen molar-refractivity contribution in [3.63, 3.8) is 0 Å². The van der Waals surface area contributed by atoms with Gasteiger partial charge in [-0.05, 0) is 128 Å². The summed E-state index contributed by atoms with van der Waals surface area (Å²) in [4.78, 5) is 38.3. The second-order valence-electron chi connectivity index (χ2n) is 20.5. The summed E-state index contributed by atoms with van der Waals surface area (Å²) in [6.45, 7) is 6.36. The molecule has 0 aromatic carbocycles. The minimum atomic E-state index is -0.818. The molecule has 0 saturated heterocycles. The van der Waals surface area contributed by atoms with Crippen molar-refractivity contribution < 1.29 is 28.6 Å². The Kier molecular flexibility index (Phi) is 60.4. The fourth-order valence-corrected chi connectivity index (χ4v) is 8.44. The molecular formula is C71H116O6. The van der Waals surface area contributed by atoms with Crippen molar-refractivity contribution in [1.82, 2.24) is 0 Å². The van der Waals surface area contributed by atoms with E-state index in [0.29, 0.717) is 19.3 Å². The number of hydrogen-bond donors (Lipinski definition) is 0. The molecule has 0 heterocycles. The Morgan fingerprint density at radius 2 is 0.519 bits per heavy atom. The molecule has 0 bridgehead atoms. The molecule has 0 aliphatic rings. The van der Waals surface area contributed by atoms with Gasteiger partial charge in [-0.3, -0.25) is 14.4 Å². The van der Waals surface area contributed by atoms with Gasteiger partial charge in [0, 0.05) is 19.3 Å². The average Bonchev–Trinajstić information content (AvgIpc) is 3.43. The summed E-state index contributed by atoms with van der Waals surface area (Å²) >= 11 is 0. The van der Waals surface area contributed by atoms with E-state index in [-0.39, 0.29) is 37.5 Å². The summed E-state index contributed by atoms with van der Waals surface area (Å²) in [6.07, 6.45) is 90.3. The van der Waals surface area contributed by atoms with Gasteiger partial charge in [-0.25, -0.2) is 0 Å². The van der Waals surface area contributed by atoms with Crippen molar-refractivity contribution in [3.8, 4) is 0 Å². The summed E-state index contributed by atoms with van der Waals surface area (Å²) in [5, 5.41) is 0. The van der Waals surface area contributed by atoms with E-state index in [1.807, 2.05) is 0 Å². The van der Waals surface area contributed by atoms with E-state index in [9.17, 15) is 14.4 Å². The number of esters is 3. The zero-order valence-corrected chi connectivity index (χ0v) is 49.9. The van der Waals surface area contributed by atoms with Gasteiger partial charge in [0.05, 0.1) is 0 Å². The highest BCUT2D eigenvalue weighted by molar-refractivity contribution is 5.71. The van der Waals surface area contributed by atoms with Crippen LogP contribution in [-0.4, -0.2) is 37.2 Å². The molecule has 0 fully saturated rings. The van der Waals surface area contributed by atoms with Crippen LogP contribution in [0.25, 0.3) is 0 Å². The molecule has 0 amide bonds. The zero-order chi connectivity index (χ0) is 55.7. The van der Waals surface area contributed by atoms with Crippen molar-refractivity contribution in [1.29, 1.82) is 0 Å². The first-order valence-electron chi connectivity index (χ1n) is 31.7. The predicted octanol–water partition coefficient (Wildman–Crippen LogP) is 21.8. The number of hydrogen-bond acceptors (Lipinski definition) is 6. The summed E-state index contributed by atoms with van der Waals surface area (Å²) < 4.78 is 16.9. The largest absolute Gasteiger partial charge is 0.462 e. The summed E-state index contributed by atoms with van der Waals surface area (Å²) in [5.41, 5.74) is 0. The Morgan fingerprint density at radius 3 is 0.844 bits per heavy atom. The first kappa shape index (κ1) is 72.5. The Labute approximate surface area is 475 Å². The van der Waals surface area contributed by atoms with Crippen molar-refractivity contribution in [2.24, 2.45) is 0 Å². The normalized spacial score (nSPS) is 13.0.